The van der Waals surface area contributed by atoms with Crippen molar-refractivity contribution in [1.29, 1.82) is 0 Å². The van der Waals surface area contributed by atoms with Crippen molar-refractivity contribution in [3.8, 4) is 0 Å². The number of esters is 2. The molecule has 3 fully saturated rings. The van der Waals surface area contributed by atoms with E-state index in [2.05, 4.69) is 5.32 Å². The highest BCUT2D eigenvalue weighted by Crippen LogP contribution is 2.66. The fourth-order valence-corrected chi connectivity index (χ4v) is 10.2. The van der Waals surface area contributed by atoms with E-state index in [4.69, 9.17) is 18.9 Å². The number of aliphatic hydroxyl groups excluding tert-OH is 2. The Bertz CT molecular complexity index is 1630. The number of aliphatic hydroxyl groups is 3. The van der Waals surface area contributed by atoms with Gasteiger partial charge in [-0.2, -0.15) is 0 Å². The number of Topliss-reactive ketones (excluding diaryl/α,β-unsaturated/α-hetero) is 1. The van der Waals surface area contributed by atoms with Gasteiger partial charge < -0.3 is 39.6 Å². The fourth-order valence-electron chi connectivity index (χ4n) is 10.2. The molecule has 11 atom stereocenters. The summed E-state index contributed by atoms with van der Waals surface area (Å²) in [4.78, 5) is 55.7. The van der Waals surface area contributed by atoms with Crippen molar-refractivity contribution in [3.63, 3.8) is 0 Å². The van der Waals surface area contributed by atoms with Crippen LogP contribution in [0.1, 0.15) is 119 Å². The topological polar surface area (TPSA) is 178 Å². The van der Waals surface area contributed by atoms with E-state index in [1.165, 1.54) is 0 Å². The number of ketones is 1. The van der Waals surface area contributed by atoms with Crippen LogP contribution in [0.4, 0.5) is 4.79 Å². The first-order valence-corrected chi connectivity index (χ1v) is 19.4. The average Bonchev–Trinajstić information content (AvgIpc) is 3.08. The zero-order chi connectivity index (χ0) is 40.2. The number of benzene rings is 1. The molecule has 12 nitrogen and oxygen atoms in total. The molecule has 1 amide bonds. The van der Waals surface area contributed by atoms with Crippen molar-refractivity contribution >= 4 is 23.8 Å². The minimum absolute atomic E-state index is 0.0350. The van der Waals surface area contributed by atoms with E-state index < -0.39 is 93.6 Å². The van der Waals surface area contributed by atoms with Gasteiger partial charge in [0.2, 0.25) is 6.10 Å². The Kier molecular flexibility index (Phi) is 11.6. The maximum Gasteiger partial charge on any atom is 0.408 e. The number of carbonyl (C=O) groups excluding carboxylic acids is 4. The van der Waals surface area contributed by atoms with Gasteiger partial charge in [0.25, 0.3) is 0 Å². The predicted octanol–water partition coefficient (Wildman–Crippen LogP) is 5.51. The molecule has 54 heavy (non-hydrogen) atoms. The third-order valence-corrected chi connectivity index (χ3v) is 13.2. The van der Waals surface area contributed by atoms with E-state index in [9.17, 15) is 34.5 Å². The van der Waals surface area contributed by atoms with Crippen LogP contribution >= 0.6 is 0 Å². The first-order valence-electron chi connectivity index (χ1n) is 19.4. The Balaban J connectivity index is 1.58. The lowest BCUT2D eigenvalue weighted by Crippen LogP contribution is -2.75. The van der Waals surface area contributed by atoms with Crippen LogP contribution in [-0.2, 0) is 33.3 Å². The van der Waals surface area contributed by atoms with Gasteiger partial charge in [0.05, 0.1) is 29.8 Å². The molecule has 1 saturated heterocycles. The van der Waals surface area contributed by atoms with Gasteiger partial charge in [-0.05, 0) is 69.6 Å². The van der Waals surface area contributed by atoms with E-state index in [0.717, 1.165) is 12.8 Å². The summed E-state index contributed by atoms with van der Waals surface area (Å²) in [5.41, 5.74) is -4.66. The van der Waals surface area contributed by atoms with Gasteiger partial charge >= 0.3 is 18.0 Å². The zero-order valence-corrected chi connectivity index (χ0v) is 33.6. The average molecular weight is 756 g/mol. The molecule has 1 aromatic rings. The Morgan fingerprint density at radius 1 is 1.06 bits per heavy atom. The first-order chi connectivity index (χ1) is 25.0. The Hall–Kier alpha value is -3.32. The molecular formula is C42H61NO11. The molecule has 3 aliphatic carbocycles. The summed E-state index contributed by atoms with van der Waals surface area (Å²) in [7, 11) is 0. The number of hydrogen-bond donors (Lipinski definition) is 4. The number of hydrogen-bond acceptors (Lipinski definition) is 11. The summed E-state index contributed by atoms with van der Waals surface area (Å²) in [6.07, 6.45) is -4.53. The number of rotatable bonds is 10. The number of unbranched alkanes of at least 4 members (excludes halogenated alkanes) is 2. The van der Waals surface area contributed by atoms with Gasteiger partial charge in [0.1, 0.15) is 23.9 Å². The fraction of sp³-hybridized carbons (Fsp3) is 0.714. The van der Waals surface area contributed by atoms with Gasteiger partial charge in [-0.1, -0.05) is 77.8 Å². The largest absolute Gasteiger partial charge is 0.455 e. The SMILES string of the molecule is CCCCCC(=O)O[C@@H](C(=O)O[C@H]1C[C@@]2(O)[C@@H](C)C3[C@]4(C)CO[C@@H]4C[C@H](O)[C@@]3(C)C(=O)[C@H](O)C(=C1C)C2(C)C)[C@@H](NC(=O)OC(C)(C)C)c1ccccc1. The molecule has 5 rings (SSSR count). The number of ether oxygens (including phenoxy) is 4. The van der Waals surface area contributed by atoms with Crippen LogP contribution in [0.15, 0.2) is 41.5 Å². The van der Waals surface area contributed by atoms with Crippen LogP contribution in [0.25, 0.3) is 0 Å². The summed E-state index contributed by atoms with van der Waals surface area (Å²) < 4.78 is 23.6. The Labute approximate surface area is 319 Å². The second kappa shape index (κ2) is 15.0. The molecular weight excluding hydrogens is 694 g/mol. The Morgan fingerprint density at radius 3 is 2.28 bits per heavy atom. The maximum atomic E-state index is 14.6. The van der Waals surface area contributed by atoms with Crippen LogP contribution in [0.3, 0.4) is 0 Å². The molecule has 1 heterocycles. The van der Waals surface area contributed by atoms with E-state index in [1.807, 2.05) is 20.8 Å². The van der Waals surface area contributed by atoms with Crippen molar-refractivity contribution in [2.45, 2.75) is 156 Å². The van der Waals surface area contributed by atoms with Crippen LogP contribution in [0.5, 0.6) is 0 Å². The summed E-state index contributed by atoms with van der Waals surface area (Å²) in [6, 6.07) is 7.35. The standard InChI is InChI=1S/C42H61NO11/c1-11-12-14-19-29(45)53-33(31(25-17-15-13-16-18-25)43-37(49)54-38(4,5)6)36(48)52-26-21-42(50)24(3)34-40(9)22-51-28(40)20-27(44)41(34,10)35(47)32(46)30(23(26)2)39(42,7)8/h13,15-18,24,26-28,31-34,44,46,50H,11-12,14,19-22H2,1-10H3,(H,43,49)/t24-,26-,27-,28+,31-,32+,33+,34?,40+,41+,42+/m0/s1. The van der Waals surface area contributed by atoms with Crippen molar-refractivity contribution < 1.29 is 53.4 Å². The lowest BCUT2D eigenvalue weighted by molar-refractivity contribution is -0.302. The second-order valence-electron chi connectivity index (χ2n) is 18.1. The van der Waals surface area contributed by atoms with Crippen LogP contribution < -0.4 is 5.32 Å². The summed E-state index contributed by atoms with van der Waals surface area (Å²) in [5.74, 6) is -3.46. The summed E-state index contributed by atoms with van der Waals surface area (Å²) in [5, 5.41) is 39.4. The van der Waals surface area contributed by atoms with Gasteiger partial charge in [-0.3, -0.25) is 9.59 Å². The van der Waals surface area contributed by atoms with Gasteiger partial charge in [0, 0.05) is 30.1 Å². The second-order valence-corrected chi connectivity index (χ2v) is 18.1. The third kappa shape index (κ3) is 7.12. The first kappa shape index (κ1) is 41.8. The van der Waals surface area contributed by atoms with E-state index in [0.29, 0.717) is 24.2 Å². The van der Waals surface area contributed by atoms with Crippen LogP contribution in [0.2, 0.25) is 0 Å². The highest BCUT2D eigenvalue weighted by molar-refractivity contribution is 5.93. The smallest absolute Gasteiger partial charge is 0.408 e. The molecule has 0 radical (unpaired) electrons. The molecule has 12 heteroatoms. The Morgan fingerprint density at radius 2 is 1.70 bits per heavy atom. The van der Waals surface area contributed by atoms with Gasteiger partial charge in [-0.15, -0.1) is 0 Å². The number of alkyl carbamates (subject to hydrolysis) is 1. The molecule has 1 unspecified atom stereocenters. The number of amides is 1. The zero-order valence-electron chi connectivity index (χ0n) is 33.6. The van der Waals surface area contributed by atoms with Crippen molar-refractivity contribution in [1.82, 2.24) is 5.32 Å². The maximum absolute atomic E-state index is 14.6. The van der Waals surface area contributed by atoms with Crippen molar-refractivity contribution in [3.05, 3.63) is 47.0 Å². The van der Waals surface area contributed by atoms with Crippen molar-refractivity contribution in [2.75, 3.05) is 6.61 Å². The molecule has 4 aliphatic rings. The van der Waals surface area contributed by atoms with Crippen molar-refractivity contribution in [2.24, 2.45) is 28.1 Å². The summed E-state index contributed by atoms with van der Waals surface area (Å²) >= 11 is 0. The monoisotopic (exact) mass is 755 g/mol. The van der Waals surface area contributed by atoms with E-state index >= 15 is 0 Å². The number of carbonyl (C=O) groups is 4. The lowest BCUT2D eigenvalue weighted by atomic mass is 9.40. The van der Waals surface area contributed by atoms with Crippen LogP contribution in [0, 0.1) is 28.1 Å². The molecule has 2 saturated carbocycles. The number of fused-ring (bicyclic) bond motifs is 5. The lowest BCUT2D eigenvalue weighted by Gasteiger charge is -2.68. The molecule has 300 valence electrons. The number of nitrogens with one attached hydrogen (secondary N) is 1. The van der Waals surface area contributed by atoms with Crippen LogP contribution in [-0.4, -0.2) is 87.5 Å². The third-order valence-electron chi connectivity index (χ3n) is 13.2. The molecule has 2 bridgehead atoms. The highest BCUT2D eigenvalue weighted by atomic mass is 16.6. The highest BCUT2D eigenvalue weighted by Gasteiger charge is 2.73. The van der Waals surface area contributed by atoms with E-state index in [1.54, 1.807) is 78.8 Å². The predicted molar refractivity (Wildman–Crippen MR) is 199 cm³/mol. The quantitative estimate of drug-likeness (QED) is 0.103. The molecule has 1 aliphatic heterocycles. The van der Waals surface area contributed by atoms with Gasteiger partial charge in [-0.25, -0.2) is 9.59 Å². The molecule has 0 aromatic heterocycles. The normalized spacial score (nSPS) is 35.5. The minimum Gasteiger partial charge on any atom is -0.455 e. The summed E-state index contributed by atoms with van der Waals surface area (Å²) in [6.45, 7) is 18.2. The van der Waals surface area contributed by atoms with E-state index in [-0.39, 0.29) is 30.9 Å². The van der Waals surface area contributed by atoms with Gasteiger partial charge in [0.15, 0.2) is 5.78 Å². The molecule has 4 N–H and O–H groups in total. The molecule has 0 spiro atoms. The minimum atomic E-state index is -1.72. The molecule has 1 aromatic carbocycles.